The van der Waals surface area contributed by atoms with Crippen LogP contribution >= 0.6 is 11.9 Å². The van der Waals surface area contributed by atoms with Gasteiger partial charge in [0.1, 0.15) is 5.82 Å². The van der Waals surface area contributed by atoms with E-state index in [1.807, 2.05) is 13.0 Å². The Kier molecular flexibility index (Phi) is 2.90. The van der Waals surface area contributed by atoms with Crippen molar-refractivity contribution in [2.24, 2.45) is 0 Å². The minimum atomic E-state index is 0.438. The second-order valence-corrected chi connectivity index (χ2v) is 2.83. The summed E-state index contributed by atoms with van der Waals surface area (Å²) in [5.74, 6) is 0.499. The Morgan fingerprint density at radius 2 is 2.67 bits per heavy atom. The third-order valence-corrected chi connectivity index (χ3v) is 1.58. The monoisotopic (exact) mass is 183 g/mol. The van der Waals surface area contributed by atoms with Gasteiger partial charge in [-0.25, -0.2) is 4.98 Å². The maximum Gasteiger partial charge on any atom is 0.209 e. The highest BCUT2D eigenvalue weighted by Crippen LogP contribution is 2.10. The van der Waals surface area contributed by atoms with Crippen molar-refractivity contribution in [2.75, 3.05) is 5.73 Å². The average molecular weight is 183 g/mol. The van der Waals surface area contributed by atoms with Crippen LogP contribution in [0.25, 0.3) is 0 Å². The second-order valence-electron chi connectivity index (χ2n) is 2.40. The minimum absolute atomic E-state index is 0.438. The summed E-state index contributed by atoms with van der Waals surface area (Å²) in [6.45, 7) is 2.32. The Morgan fingerprint density at radius 1 is 1.83 bits per heavy atom. The highest BCUT2D eigenvalue weighted by Gasteiger charge is 1.96. The van der Waals surface area contributed by atoms with Gasteiger partial charge < -0.3 is 9.92 Å². The van der Waals surface area contributed by atoms with Gasteiger partial charge in [-0.05, 0) is 26.0 Å². The highest BCUT2D eigenvalue weighted by atomic mass is 32.2. The van der Waals surface area contributed by atoms with E-state index in [1.54, 1.807) is 6.07 Å². The summed E-state index contributed by atoms with van der Waals surface area (Å²) in [7, 11) is 1.14. The molecule has 0 aliphatic heterocycles. The van der Waals surface area contributed by atoms with E-state index in [-0.39, 0.29) is 0 Å². The van der Waals surface area contributed by atoms with E-state index in [4.69, 9.17) is 11.3 Å². The number of aromatic nitrogens is 1. The van der Waals surface area contributed by atoms with E-state index < -0.39 is 0 Å². The maximum atomic E-state index is 6.73. The lowest BCUT2D eigenvalue weighted by Crippen LogP contribution is -1.95. The van der Waals surface area contributed by atoms with Crippen LogP contribution in [0.15, 0.2) is 12.1 Å². The molecule has 0 saturated heterocycles. The standard InChI is InChI=1S/C7H10BN2OS/c1-5-2-6(4-11-12-8)3-7(9)10-5/h2-3,8H,4H2,1H3,(H2,9,10)/i8T. The van der Waals surface area contributed by atoms with Gasteiger partial charge in [0.15, 0.2) is 0 Å². The van der Waals surface area contributed by atoms with Gasteiger partial charge in [-0.2, -0.15) is 0 Å². The van der Waals surface area contributed by atoms with Gasteiger partial charge in [0.05, 0.1) is 6.61 Å². The van der Waals surface area contributed by atoms with Crippen molar-refractivity contribution in [1.82, 2.24) is 4.98 Å². The first-order valence-corrected chi connectivity index (χ1v) is 4.24. The zero-order chi connectivity index (χ0) is 9.68. The number of anilines is 1. The average Bonchev–Trinajstić information content (AvgIpc) is 2.03. The first-order chi connectivity index (χ1) is 6.22. The topological polar surface area (TPSA) is 48.1 Å². The number of nitrogens with zero attached hydrogens (tertiary/aromatic N) is 1. The molecular weight excluding hydrogens is 171 g/mol. The normalized spacial score (nSPS) is 10.9. The van der Waals surface area contributed by atoms with Gasteiger partial charge in [0, 0.05) is 5.69 Å². The zero-order valence-electron chi connectivity index (χ0n) is 7.78. The fourth-order valence-corrected chi connectivity index (χ4v) is 1.16. The first kappa shape index (κ1) is 7.95. The van der Waals surface area contributed by atoms with Crippen LogP contribution < -0.4 is 5.73 Å². The number of nitrogens with two attached hydrogens (primary N) is 1. The van der Waals surface area contributed by atoms with Gasteiger partial charge in [-0.15, -0.1) is 0 Å². The Labute approximate surface area is 78.6 Å². The number of pyridine rings is 1. The highest BCUT2D eigenvalue weighted by molar-refractivity contribution is 8.15. The molecule has 1 aromatic rings. The molecule has 0 spiro atoms. The molecule has 0 aromatic carbocycles. The van der Waals surface area contributed by atoms with E-state index in [2.05, 4.69) is 4.98 Å². The molecule has 1 aromatic heterocycles. The molecule has 1 heterocycles. The van der Waals surface area contributed by atoms with Gasteiger partial charge in [-0.1, -0.05) is 11.9 Å². The summed E-state index contributed by atoms with van der Waals surface area (Å²) in [5, 5.41) is 0. The Balaban J connectivity index is 2.56. The third kappa shape index (κ3) is 2.75. The summed E-state index contributed by atoms with van der Waals surface area (Å²) in [6, 6.07) is 3.67. The van der Waals surface area contributed by atoms with E-state index in [0.29, 0.717) is 12.4 Å². The van der Waals surface area contributed by atoms with Crippen LogP contribution in [-0.4, -0.2) is 13.4 Å². The van der Waals surface area contributed by atoms with Crippen LogP contribution in [0, 0.1) is 6.92 Å². The molecule has 2 N–H and O–H groups in total. The quantitative estimate of drug-likeness (QED) is 0.429. The Hall–Kier alpha value is -0.675. The molecule has 0 aliphatic rings. The van der Waals surface area contributed by atoms with Crippen molar-refractivity contribution in [1.29, 1.82) is 1.34 Å². The van der Waals surface area contributed by atoms with Gasteiger partial charge in [-0.3, -0.25) is 0 Å². The van der Waals surface area contributed by atoms with Crippen molar-refractivity contribution < 1.29 is 4.18 Å². The van der Waals surface area contributed by atoms with Crippen LogP contribution in [0.1, 0.15) is 11.3 Å². The summed E-state index contributed by atoms with van der Waals surface area (Å²) in [4.78, 5) is 4.03. The lowest BCUT2D eigenvalue weighted by molar-refractivity contribution is 0.369. The van der Waals surface area contributed by atoms with Crippen LogP contribution in [0.5, 0.6) is 0 Å². The fraction of sp³-hybridized carbons (Fsp3) is 0.286. The molecular formula is C7H10BN2OS. The molecule has 1 radical (unpaired) electrons. The lowest BCUT2D eigenvalue weighted by atomic mass is 10.2. The molecule has 0 aliphatic carbocycles. The van der Waals surface area contributed by atoms with Crippen molar-refractivity contribution in [2.45, 2.75) is 13.5 Å². The minimum Gasteiger partial charge on any atom is -0.384 e. The second kappa shape index (κ2) is 4.38. The maximum absolute atomic E-state index is 6.73. The summed E-state index contributed by atoms with van der Waals surface area (Å²) in [5.41, 5.74) is 7.39. The van der Waals surface area contributed by atoms with Crippen molar-refractivity contribution in [3.05, 3.63) is 23.4 Å². The zero-order valence-corrected chi connectivity index (χ0v) is 7.60. The van der Waals surface area contributed by atoms with Crippen LogP contribution in [0.4, 0.5) is 5.82 Å². The fourth-order valence-electron chi connectivity index (χ4n) is 0.954. The summed E-state index contributed by atoms with van der Waals surface area (Å²) < 4.78 is 11.8. The Morgan fingerprint density at radius 3 is 3.33 bits per heavy atom. The molecule has 0 unspecified atom stereocenters. The lowest BCUT2D eigenvalue weighted by Gasteiger charge is -2.02. The molecule has 0 saturated carbocycles. The molecule has 0 atom stereocenters. The summed E-state index contributed by atoms with van der Waals surface area (Å²) >= 11 is 0.995. The molecule has 63 valence electrons. The third-order valence-electron chi connectivity index (χ3n) is 1.33. The molecule has 3 nitrogen and oxygen atoms in total. The largest absolute Gasteiger partial charge is 0.384 e. The van der Waals surface area contributed by atoms with Gasteiger partial charge >= 0.3 is 0 Å². The molecule has 0 bridgehead atoms. The number of nitrogen functional groups attached to an aromatic ring is 1. The van der Waals surface area contributed by atoms with Crippen molar-refractivity contribution in [3.8, 4) is 0 Å². The molecule has 0 fully saturated rings. The smallest absolute Gasteiger partial charge is 0.209 e. The number of rotatable bonds is 4. The van der Waals surface area contributed by atoms with E-state index >= 15 is 0 Å². The summed E-state index contributed by atoms with van der Waals surface area (Å²) in [6.07, 6.45) is 0. The van der Waals surface area contributed by atoms with E-state index in [9.17, 15) is 0 Å². The molecule has 12 heavy (non-hydrogen) atoms. The van der Waals surface area contributed by atoms with Crippen LogP contribution in [-0.2, 0) is 10.8 Å². The molecule has 5 heteroatoms. The molecule has 0 amide bonds. The molecule has 1 rings (SSSR count). The van der Waals surface area contributed by atoms with Gasteiger partial charge in [0.2, 0.25) is 7.09 Å². The van der Waals surface area contributed by atoms with Gasteiger partial charge in [0.25, 0.3) is 0 Å². The number of aryl methyl sites for hydroxylation is 1. The Bertz CT molecular complexity index is 267. The van der Waals surface area contributed by atoms with Crippen molar-refractivity contribution in [3.63, 3.8) is 0 Å². The van der Waals surface area contributed by atoms with E-state index in [0.717, 1.165) is 30.2 Å². The predicted octanol–water partition coefficient (Wildman–Crippen LogP) is 0.953. The van der Waals surface area contributed by atoms with Crippen LogP contribution in [0.2, 0.25) is 0 Å². The van der Waals surface area contributed by atoms with Crippen molar-refractivity contribution >= 4 is 24.8 Å². The number of hydrogen-bond donors (Lipinski definition) is 1. The number of hydrogen-bond acceptors (Lipinski definition) is 4. The first-order valence-electron chi connectivity index (χ1n) is 4.01. The SMILES string of the molecule is [3H][B]SOCc1cc(C)nc(N)c1. The van der Waals surface area contributed by atoms with E-state index in [1.165, 1.54) is 0 Å². The van der Waals surface area contributed by atoms with Crippen LogP contribution in [0.3, 0.4) is 0 Å². The predicted molar refractivity (Wildman–Crippen MR) is 52.9 cm³/mol.